The summed E-state index contributed by atoms with van der Waals surface area (Å²) in [6, 6.07) is 16.0. The lowest BCUT2D eigenvalue weighted by molar-refractivity contribution is 0.0992. The van der Waals surface area contributed by atoms with Crippen LogP contribution in [-0.4, -0.2) is 10.9 Å². The van der Waals surface area contributed by atoms with Crippen molar-refractivity contribution in [3.63, 3.8) is 0 Å². The Morgan fingerprint density at radius 1 is 0.926 bits per heavy atom. The van der Waals surface area contributed by atoms with E-state index in [1.54, 1.807) is 11.1 Å². The van der Waals surface area contributed by atoms with Crippen LogP contribution in [0.4, 0.5) is 11.5 Å². The third kappa shape index (κ3) is 2.97. The highest BCUT2D eigenvalue weighted by molar-refractivity contribution is 6.11. The van der Waals surface area contributed by atoms with Crippen molar-refractivity contribution in [3.05, 3.63) is 88.1 Å². The third-order valence-electron chi connectivity index (χ3n) is 5.06. The molecule has 1 aromatic heterocycles. The first-order valence-corrected chi connectivity index (χ1v) is 9.15. The van der Waals surface area contributed by atoms with Gasteiger partial charge in [0.25, 0.3) is 5.91 Å². The molecule has 4 rings (SSSR count). The fraction of sp³-hybridized carbons (Fsp3) is 0.217. The van der Waals surface area contributed by atoms with Crippen molar-refractivity contribution in [2.45, 2.75) is 33.9 Å². The van der Waals surface area contributed by atoms with Crippen molar-refractivity contribution in [1.29, 1.82) is 0 Å². The van der Waals surface area contributed by atoms with Gasteiger partial charge >= 0.3 is 0 Å². The molecule has 4 heteroatoms. The molecule has 0 bridgehead atoms. The highest BCUT2D eigenvalue weighted by Gasteiger charge is 2.38. The number of hydrogen-bond donors (Lipinski definition) is 1. The zero-order valence-electron chi connectivity index (χ0n) is 16.1. The number of pyridine rings is 1. The fourth-order valence-corrected chi connectivity index (χ4v) is 3.84. The molecule has 1 atom stereocenters. The van der Waals surface area contributed by atoms with Crippen molar-refractivity contribution in [3.8, 4) is 0 Å². The molecule has 2 aromatic carbocycles. The largest absolute Gasteiger partial charge is 0.361 e. The van der Waals surface area contributed by atoms with Gasteiger partial charge in [0, 0.05) is 23.0 Å². The van der Waals surface area contributed by atoms with Crippen LogP contribution in [0.3, 0.4) is 0 Å². The summed E-state index contributed by atoms with van der Waals surface area (Å²) in [6.45, 7) is 8.28. The average molecular weight is 357 g/mol. The number of benzene rings is 2. The predicted molar refractivity (Wildman–Crippen MR) is 109 cm³/mol. The second kappa shape index (κ2) is 6.54. The minimum absolute atomic E-state index is 0.0260. The molecular formula is C23H23N3O. The second-order valence-electron chi connectivity index (χ2n) is 7.28. The lowest BCUT2D eigenvalue weighted by Crippen LogP contribution is -2.33. The van der Waals surface area contributed by atoms with Gasteiger partial charge < -0.3 is 5.32 Å². The van der Waals surface area contributed by atoms with E-state index in [-0.39, 0.29) is 12.1 Å². The van der Waals surface area contributed by atoms with Gasteiger partial charge in [-0.05, 0) is 56.5 Å². The van der Waals surface area contributed by atoms with Crippen LogP contribution in [0, 0.1) is 27.7 Å². The maximum Gasteiger partial charge on any atom is 0.261 e. The summed E-state index contributed by atoms with van der Waals surface area (Å²) in [5.41, 5.74) is 7.40. The zero-order chi connectivity index (χ0) is 19.1. The van der Waals surface area contributed by atoms with E-state index in [9.17, 15) is 4.79 Å². The Morgan fingerprint density at radius 3 is 2.30 bits per heavy atom. The molecule has 0 unspecified atom stereocenters. The number of amides is 1. The van der Waals surface area contributed by atoms with Gasteiger partial charge in [0.2, 0.25) is 0 Å². The summed E-state index contributed by atoms with van der Waals surface area (Å²) >= 11 is 0. The van der Waals surface area contributed by atoms with Crippen LogP contribution < -0.4 is 10.2 Å². The quantitative estimate of drug-likeness (QED) is 0.710. The van der Waals surface area contributed by atoms with Crippen LogP contribution >= 0.6 is 0 Å². The van der Waals surface area contributed by atoms with Gasteiger partial charge in [0.1, 0.15) is 12.0 Å². The van der Waals surface area contributed by atoms with Crippen LogP contribution in [0.1, 0.15) is 44.3 Å². The number of anilines is 2. The van der Waals surface area contributed by atoms with E-state index in [4.69, 9.17) is 0 Å². The van der Waals surface area contributed by atoms with Crippen LogP contribution in [0.15, 0.2) is 54.7 Å². The van der Waals surface area contributed by atoms with Crippen molar-refractivity contribution >= 4 is 17.4 Å². The van der Waals surface area contributed by atoms with E-state index in [2.05, 4.69) is 43.2 Å². The van der Waals surface area contributed by atoms with E-state index in [0.717, 1.165) is 22.4 Å². The second-order valence-corrected chi connectivity index (χ2v) is 7.28. The lowest BCUT2D eigenvalue weighted by atomic mass is 10.0. The standard InChI is InChI=1S/C23H23N3O/c1-14-9-10-20(24-13-14)26-22(18-7-5-6-8-19(18)23(26)27)25-21-16(3)11-15(2)12-17(21)4/h5-13,22,25H,1-4H3/t22-/m0/s1. The molecular weight excluding hydrogens is 334 g/mol. The van der Waals surface area contributed by atoms with Gasteiger partial charge in [-0.25, -0.2) is 4.98 Å². The number of hydrogen-bond acceptors (Lipinski definition) is 3. The van der Waals surface area contributed by atoms with Crippen molar-refractivity contribution in [1.82, 2.24) is 4.98 Å². The third-order valence-corrected chi connectivity index (χ3v) is 5.06. The Kier molecular flexibility index (Phi) is 4.19. The number of carbonyl (C=O) groups excluding carboxylic acids is 1. The summed E-state index contributed by atoms with van der Waals surface area (Å²) in [7, 11) is 0. The number of fused-ring (bicyclic) bond motifs is 1. The Morgan fingerprint density at radius 2 is 1.63 bits per heavy atom. The van der Waals surface area contributed by atoms with E-state index < -0.39 is 0 Å². The Bertz CT molecular complexity index is 1000. The molecule has 0 saturated heterocycles. The molecule has 1 amide bonds. The van der Waals surface area contributed by atoms with Crippen molar-refractivity contribution in [2.24, 2.45) is 0 Å². The van der Waals surface area contributed by atoms with E-state index >= 15 is 0 Å². The number of carbonyl (C=O) groups is 1. The molecule has 0 radical (unpaired) electrons. The number of nitrogens with zero attached hydrogens (tertiary/aromatic N) is 2. The summed E-state index contributed by atoms with van der Waals surface area (Å²) < 4.78 is 0. The van der Waals surface area contributed by atoms with Crippen LogP contribution in [0.5, 0.6) is 0 Å². The van der Waals surface area contributed by atoms with Gasteiger partial charge in [0.05, 0.1) is 0 Å². The molecule has 27 heavy (non-hydrogen) atoms. The molecule has 2 heterocycles. The molecule has 1 aliphatic rings. The predicted octanol–water partition coefficient (Wildman–Crippen LogP) is 5.09. The molecule has 0 saturated carbocycles. The molecule has 136 valence electrons. The number of aromatic nitrogens is 1. The Balaban J connectivity index is 1.82. The van der Waals surface area contributed by atoms with Gasteiger partial charge in [0.15, 0.2) is 0 Å². The van der Waals surface area contributed by atoms with Gasteiger partial charge in [-0.15, -0.1) is 0 Å². The van der Waals surface area contributed by atoms with Crippen LogP contribution in [0.25, 0.3) is 0 Å². The monoisotopic (exact) mass is 357 g/mol. The molecule has 3 aromatic rings. The normalized spacial score (nSPS) is 15.8. The minimum atomic E-state index is -0.288. The topological polar surface area (TPSA) is 45.2 Å². The number of aryl methyl sites for hydroxylation is 4. The van der Waals surface area contributed by atoms with Crippen LogP contribution in [-0.2, 0) is 0 Å². The van der Waals surface area contributed by atoms with E-state index in [1.807, 2.05) is 43.3 Å². The SMILES string of the molecule is Cc1ccc(N2C(=O)c3ccccc3[C@H]2Nc2c(C)cc(C)cc2C)nc1. The van der Waals surface area contributed by atoms with Crippen molar-refractivity contribution in [2.75, 3.05) is 10.2 Å². The maximum absolute atomic E-state index is 13.2. The van der Waals surface area contributed by atoms with Crippen LogP contribution in [0.2, 0.25) is 0 Å². The Hall–Kier alpha value is -3.14. The number of nitrogens with one attached hydrogen (secondary N) is 1. The molecule has 4 nitrogen and oxygen atoms in total. The highest BCUT2D eigenvalue weighted by Crippen LogP contribution is 2.38. The van der Waals surface area contributed by atoms with Crippen molar-refractivity contribution < 1.29 is 4.79 Å². The summed E-state index contributed by atoms with van der Waals surface area (Å²) in [5, 5.41) is 3.62. The first-order chi connectivity index (χ1) is 13.0. The summed E-state index contributed by atoms with van der Waals surface area (Å²) in [6.07, 6.45) is 1.51. The summed E-state index contributed by atoms with van der Waals surface area (Å²) in [4.78, 5) is 19.4. The molecule has 1 N–H and O–H groups in total. The summed E-state index contributed by atoms with van der Waals surface area (Å²) in [5.74, 6) is 0.628. The zero-order valence-corrected chi connectivity index (χ0v) is 16.1. The minimum Gasteiger partial charge on any atom is -0.361 e. The highest BCUT2D eigenvalue weighted by atomic mass is 16.2. The Labute approximate surface area is 159 Å². The average Bonchev–Trinajstić information content (AvgIpc) is 2.91. The first-order valence-electron chi connectivity index (χ1n) is 9.15. The maximum atomic E-state index is 13.2. The smallest absolute Gasteiger partial charge is 0.261 e. The van der Waals surface area contributed by atoms with E-state index in [0.29, 0.717) is 5.82 Å². The first kappa shape index (κ1) is 17.3. The number of rotatable bonds is 3. The van der Waals surface area contributed by atoms with E-state index in [1.165, 1.54) is 16.7 Å². The fourth-order valence-electron chi connectivity index (χ4n) is 3.84. The van der Waals surface area contributed by atoms with Gasteiger partial charge in [-0.3, -0.25) is 9.69 Å². The molecule has 0 fully saturated rings. The molecule has 0 aliphatic carbocycles. The lowest BCUT2D eigenvalue weighted by Gasteiger charge is -2.28. The van der Waals surface area contributed by atoms with Gasteiger partial charge in [-0.1, -0.05) is 42.0 Å². The molecule has 1 aliphatic heterocycles. The van der Waals surface area contributed by atoms with Gasteiger partial charge in [-0.2, -0.15) is 0 Å². The molecule has 0 spiro atoms.